The van der Waals surface area contributed by atoms with Crippen molar-refractivity contribution < 1.29 is 4.52 Å². The Bertz CT molecular complexity index is 821. The minimum atomic E-state index is 0.320. The third-order valence-electron chi connectivity index (χ3n) is 4.95. The van der Waals surface area contributed by atoms with E-state index in [-0.39, 0.29) is 0 Å². The van der Waals surface area contributed by atoms with E-state index >= 15 is 0 Å². The maximum absolute atomic E-state index is 5.61. The van der Waals surface area contributed by atoms with Crippen molar-refractivity contribution >= 4 is 10.9 Å². The van der Waals surface area contributed by atoms with E-state index in [9.17, 15) is 0 Å². The lowest BCUT2D eigenvalue weighted by Gasteiger charge is -2.28. The number of para-hydroxylation sites is 1. The van der Waals surface area contributed by atoms with E-state index in [0.29, 0.717) is 6.04 Å². The first-order valence-electron chi connectivity index (χ1n) is 8.81. The number of benzene rings is 1. The van der Waals surface area contributed by atoms with E-state index in [2.05, 4.69) is 45.4 Å². The number of hydrogen-bond acceptors (Lipinski definition) is 4. The van der Waals surface area contributed by atoms with Gasteiger partial charge in [0.05, 0.1) is 17.3 Å². The highest BCUT2D eigenvalue weighted by Crippen LogP contribution is 2.32. The van der Waals surface area contributed by atoms with Crippen LogP contribution in [0.3, 0.4) is 0 Å². The molecule has 0 saturated carbocycles. The fourth-order valence-electron chi connectivity index (χ4n) is 3.73. The van der Waals surface area contributed by atoms with E-state index in [4.69, 9.17) is 4.52 Å². The van der Waals surface area contributed by atoms with Crippen molar-refractivity contribution in [2.75, 3.05) is 6.54 Å². The number of pyridine rings is 1. The Balaban J connectivity index is 1.66. The second-order valence-corrected chi connectivity index (χ2v) is 6.69. The van der Waals surface area contributed by atoms with Gasteiger partial charge in [-0.3, -0.25) is 9.88 Å². The molecule has 1 aliphatic heterocycles. The van der Waals surface area contributed by atoms with Crippen LogP contribution in [-0.4, -0.2) is 21.6 Å². The number of hydrogen-bond donors (Lipinski definition) is 0. The molecule has 4 nitrogen and oxygen atoms in total. The molecule has 124 valence electrons. The highest BCUT2D eigenvalue weighted by atomic mass is 16.5. The van der Waals surface area contributed by atoms with Crippen LogP contribution >= 0.6 is 0 Å². The standard InChI is InChI=1S/C20H23N3O/c1-15-13-20(24-22-15)19-9-3-2-6-12-23(19)14-16-10-11-21-18-8-5-4-7-17(16)18/h4-5,7-8,10-11,13,19H,2-3,6,9,12,14H2,1H3/t19-/m1/s1. The zero-order valence-electron chi connectivity index (χ0n) is 14.1. The van der Waals surface area contributed by atoms with Crippen LogP contribution in [0.2, 0.25) is 0 Å². The number of fused-ring (bicyclic) bond motifs is 1. The van der Waals surface area contributed by atoms with Crippen LogP contribution in [0.1, 0.15) is 48.7 Å². The SMILES string of the molecule is Cc1cc([C@H]2CCCCCN2Cc2ccnc3ccccc23)on1. The topological polar surface area (TPSA) is 42.2 Å². The second-order valence-electron chi connectivity index (χ2n) is 6.69. The van der Waals surface area contributed by atoms with E-state index in [0.717, 1.165) is 36.5 Å². The van der Waals surface area contributed by atoms with Gasteiger partial charge in [0.15, 0.2) is 5.76 Å². The van der Waals surface area contributed by atoms with Gasteiger partial charge in [0.25, 0.3) is 0 Å². The summed E-state index contributed by atoms with van der Waals surface area (Å²) >= 11 is 0. The molecule has 1 fully saturated rings. The molecule has 0 amide bonds. The van der Waals surface area contributed by atoms with Crippen LogP contribution in [0, 0.1) is 6.92 Å². The highest BCUT2D eigenvalue weighted by Gasteiger charge is 2.26. The maximum Gasteiger partial charge on any atom is 0.154 e. The Morgan fingerprint density at radius 1 is 1.17 bits per heavy atom. The number of nitrogens with zero attached hydrogens (tertiary/aromatic N) is 3. The molecule has 0 radical (unpaired) electrons. The third kappa shape index (κ3) is 3.06. The molecule has 4 heteroatoms. The lowest BCUT2D eigenvalue weighted by Crippen LogP contribution is -2.28. The average molecular weight is 321 g/mol. The van der Waals surface area contributed by atoms with Crippen LogP contribution in [0.15, 0.2) is 47.1 Å². The summed E-state index contributed by atoms with van der Waals surface area (Å²) in [7, 11) is 0. The van der Waals surface area contributed by atoms with Crippen molar-refractivity contribution in [2.45, 2.75) is 45.2 Å². The number of rotatable bonds is 3. The summed E-state index contributed by atoms with van der Waals surface area (Å²) in [6, 6.07) is 12.9. The molecule has 0 aliphatic carbocycles. The third-order valence-corrected chi connectivity index (χ3v) is 4.95. The Morgan fingerprint density at radius 3 is 2.96 bits per heavy atom. The quantitative estimate of drug-likeness (QED) is 0.704. The molecule has 0 unspecified atom stereocenters. The molecule has 3 aromatic rings. The van der Waals surface area contributed by atoms with Gasteiger partial charge in [-0.15, -0.1) is 0 Å². The molecular formula is C20H23N3O. The van der Waals surface area contributed by atoms with Gasteiger partial charge in [-0.05, 0) is 44.0 Å². The van der Waals surface area contributed by atoms with Crippen molar-refractivity contribution in [3.8, 4) is 0 Å². The van der Waals surface area contributed by atoms with E-state index < -0.39 is 0 Å². The zero-order valence-corrected chi connectivity index (χ0v) is 14.1. The van der Waals surface area contributed by atoms with Crippen molar-refractivity contribution in [1.82, 2.24) is 15.0 Å². The molecule has 0 N–H and O–H groups in total. The van der Waals surface area contributed by atoms with Gasteiger partial charge < -0.3 is 4.52 Å². The van der Waals surface area contributed by atoms with E-state index in [1.807, 2.05) is 19.2 Å². The first-order valence-corrected chi connectivity index (χ1v) is 8.81. The summed E-state index contributed by atoms with van der Waals surface area (Å²) in [5.74, 6) is 1.01. The Hall–Kier alpha value is -2.20. The Kier molecular flexibility index (Phi) is 4.30. The van der Waals surface area contributed by atoms with Gasteiger partial charge in [0, 0.05) is 24.2 Å². The first-order chi connectivity index (χ1) is 11.8. The van der Waals surface area contributed by atoms with Crippen LogP contribution < -0.4 is 0 Å². The predicted molar refractivity (Wildman–Crippen MR) is 94.6 cm³/mol. The predicted octanol–water partition coefficient (Wildman–Crippen LogP) is 4.65. The smallest absolute Gasteiger partial charge is 0.154 e. The van der Waals surface area contributed by atoms with Crippen LogP contribution in [0.4, 0.5) is 0 Å². The Labute approximate surface area is 142 Å². The van der Waals surface area contributed by atoms with Crippen molar-refractivity contribution in [3.63, 3.8) is 0 Å². The molecular weight excluding hydrogens is 298 g/mol. The van der Waals surface area contributed by atoms with Crippen LogP contribution in [0.5, 0.6) is 0 Å². The van der Waals surface area contributed by atoms with Gasteiger partial charge in [-0.1, -0.05) is 36.2 Å². The van der Waals surface area contributed by atoms with Gasteiger partial charge in [0.1, 0.15) is 0 Å². The normalized spacial score (nSPS) is 19.5. The fourth-order valence-corrected chi connectivity index (χ4v) is 3.73. The molecule has 2 aromatic heterocycles. The monoisotopic (exact) mass is 321 g/mol. The summed E-state index contributed by atoms with van der Waals surface area (Å²) in [4.78, 5) is 7.04. The largest absolute Gasteiger partial charge is 0.359 e. The van der Waals surface area contributed by atoms with Crippen LogP contribution in [0.25, 0.3) is 10.9 Å². The van der Waals surface area contributed by atoms with Gasteiger partial charge in [-0.2, -0.15) is 0 Å². The molecule has 3 heterocycles. The average Bonchev–Trinajstić information content (AvgIpc) is 2.90. The second kappa shape index (κ2) is 6.73. The van der Waals surface area contributed by atoms with Gasteiger partial charge in [0.2, 0.25) is 0 Å². The minimum absolute atomic E-state index is 0.320. The molecule has 1 atom stereocenters. The molecule has 4 rings (SSSR count). The van der Waals surface area contributed by atoms with Gasteiger partial charge >= 0.3 is 0 Å². The van der Waals surface area contributed by atoms with Gasteiger partial charge in [-0.25, -0.2) is 0 Å². The lowest BCUT2D eigenvalue weighted by atomic mass is 10.0. The molecule has 1 aliphatic rings. The number of aromatic nitrogens is 2. The van der Waals surface area contributed by atoms with E-state index in [1.165, 1.54) is 30.2 Å². The summed E-state index contributed by atoms with van der Waals surface area (Å²) in [6.45, 7) is 4.01. The maximum atomic E-state index is 5.61. The van der Waals surface area contributed by atoms with Crippen LogP contribution in [-0.2, 0) is 6.54 Å². The summed E-state index contributed by atoms with van der Waals surface area (Å²) in [5.41, 5.74) is 3.36. The Morgan fingerprint density at radius 2 is 2.08 bits per heavy atom. The summed E-state index contributed by atoms with van der Waals surface area (Å²) in [6.07, 6.45) is 6.84. The summed E-state index contributed by atoms with van der Waals surface area (Å²) in [5, 5.41) is 5.35. The molecule has 0 bridgehead atoms. The summed E-state index contributed by atoms with van der Waals surface area (Å²) < 4.78 is 5.61. The van der Waals surface area contributed by atoms with Crippen molar-refractivity contribution in [3.05, 3.63) is 59.6 Å². The van der Waals surface area contributed by atoms with E-state index in [1.54, 1.807) is 0 Å². The minimum Gasteiger partial charge on any atom is -0.359 e. The first kappa shape index (κ1) is 15.3. The van der Waals surface area contributed by atoms with Crippen molar-refractivity contribution in [2.24, 2.45) is 0 Å². The highest BCUT2D eigenvalue weighted by molar-refractivity contribution is 5.81. The lowest BCUT2D eigenvalue weighted by molar-refractivity contribution is 0.160. The zero-order chi connectivity index (χ0) is 16.4. The fraction of sp³-hybridized carbons (Fsp3) is 0.400. The van der Waals surface area contributed by atoms with Crippen molar-refractivity contribution in [1.29, 1.82) is 0 Å². The number of aryl methyl sites for hydroxylation is 1. The molecule has 0 spiro atoms. The molecule has 1 aromatic carbocycles. The molecule has 1 saturated heterocycles. The molecule has 24 heavy (non-hydrogen) atoms. The number of likely N-dealkylation sites (tertiary alicyclic amines) is 1.